The van der Waals surface area contributed by atoms with Crippen LogP contribution in [-0.2, 0) is 37.0 Å². The van der Waals surface area contributed by atoms with Crippen molar-refractivity contribution in [3.8, 4) is 34.3 Å². The van der Waals surface area contributed by atoms with Gasteiger partial charge in [0, 0.05) is 66.6 Å². The Morgan fingerprint density at radius 3 is 1.54 bits per heavy atom. The van der Waals surface area contributed by atoms with Crippen molar-refractivity contribution in [2.24, 2.45) is 14.1 Å². The van der Waals surface area contributed by atoms with Crippen molar-refractivity contribution in [3.63, 3.8) is 0 Å². The summed E-state index contributed by atoms with van der Waals surface area (Å²) in [6, 6.07) is 13.5. The van der Waals surface area contributed by atoms with Crippen LogP contribution in [0, 0.1) is 0 Å². The fourth-order valence-electron chi connectivity index (χ4n) is 7.47. The molecule has 2 aromatic carbocycles. The van der Waals surface area contributed by atoms with Gasteiger partial charge in [0.1, 0.15) is 64.3 Å². The largest absolute Gasteiger partial charge is 0.497 e. The van der Waals surface area contributed by atoms with E-state index in [1.165, 1.54) is 6.20 Å². The molecule has 0 radical (unpaired) electrons. The molecule has 6 aromatic heterocycles. The van der Waals surface area contributed by atoms with Crippen LogP contribution in [0.15, 0.2) is 61.2 Å². The van der Waals surface area contributed by atoms with Crippen molar-refractivity contribution in [1.82, 2.24) is 53.9 Å². The van der Waals surface area contributed by atoms with Crippen LogP contribution in [0.4, 0.5) is 0 Å². The van der Waals surface area contributed by atoms with Gasteiger partial charge in [0.25, 0.3) is 5.91 Å². The maximum atomic E-state index is 13.3. The third kappa shape index (κ3) is 11.5. The molecule has 0 aliphatic rings. The number of aliphatic hydroxyl groups is 1. The number of aryl methyl sites for hydroxylation is 2. The van der Waals surface area contributed by atoms with Crippen LogP contribution in [0.2, 0.25) is 51.4 Å². The number of methoxy groups -OCH3 is 2. The number of carboxylic acids is 1. The molecule has 0 fully saturated rings. The minimum atomic E-state index is -1.23. The summed E-state index contributed by atoms with van der Waals surface area (Å²) >= 11 is 0. The van der Waals surface area contributed by atoms with Crippen LogP contribution < -0.4 is 14.8 Å². The number of rotatable bonds is 18. The Labute approximate surface area is 402 Å². The molecule has 0 atom stereocenters. The van der Waals surface area contributed by atoms with E-state index < -0.39 is 27.7 Å². The van der Waals surface area contributed by atoms with Gasteiger partial charge in [-0.25, -0.2) is 24.7 Å². The summed E-state index contributed by atoms with van der Waals surface area (Å²) in [6.07, 6.45) is 6.53. The average Bonchev–Trinajstić information content (AvgIpc) is 4.05. The van der Waals surface area contributed by atoms with E-state index in [-0.39, 0.29) is 31.5 Å². The summed E-state index contributed by atoms with van der Waals surface area (Å²) in [6.45, 7) is 18.8. The summed E-state index contributed by atoms with van der Waals surface area (Å²) in [5, 5.41) is 33.3. The first-order chi connectivity index (χ1) is 32.6. The highest BCUT2D eigenvalue weighted by Gasteiger charge is 2.26. The van der Waals surface area contributed by atoms with Gasteiger partial charge in [0.05, 0.1) is 55.4 Å². The molecule has 19 nitrogen and oxygen atoms in total. The second-order valence-electron chi connectivity index (χ2n) is 20.1. The molecule has 0 spiro atoms. The number of hydrogen-bond acceptors (Lipinski definition) is 13. The SMILES string of the molecule is COc1ccc2c(c1)c(-c1cnc3c(n1)c(C(=O)NC(C)(C)CO)cn3COCC[Si](C)(C)C)nn2C.COc1ccc2c(c1)c(-c1cnc3c(n1)c(C(=O)O)cn3COCC[Si](C)(C)C)nn2C. The first-order valence-electron chi connectivity index (χ1n) is 22.7. The first kappa shape index (κ1) is 50.4. The zero-order valence-electron chi connectivity index (χ0n) is 41.5. The van der Waals surface area contributed by atoms with E-state index in [2.05, 4.69) is 69.7 Å². The molecule has 69 heavy (non-hydrogen) atoms. The number of carboxylic acid groups (broad SMARTS) is 1. The van der Waals surface area contributed by atoms with Crippen LogP contribution in [0.1, 0.15) is 34.6 Å². The van der Waals surface area contributed by atoms with Crippen LogP contribution in [0.5, 0.6) is 11.5 Å². The number of amides is 1. The second kappa shape index (κ2) is 20.2. The number of carbonyl (C=O) groups is 2. The molecule has 1 amide bonds. The van der Waals surface area contributed by atoms with Crippen molar-refractivity contribution in [2.45, 2.75) is 84.2 Å². The number of benzene rings is 2. The van der Waals surface area contributed by atoms with Crippen molar-refractivity contribution in [3.05, 3.63) is 72.3 Å². The van der Waals surface area contributed by atoms with Crippen LogP contribution in [-0.4, -0.2) is 126 Å². The lowest BCUT2D eigenvalue weighted by atomic mass is 10.1. The molecule has 366 valence electrons. The molecular formula is C48H63N11O8Si2. The van der Waals surface area contributed by atoms with E-state index in [1.807, 2.05) is 50.5 Å². The molecule has 0 aliphatic heterocycles. The van der Waals surface area contributed by atoms with Gasteiger partial charge >= 0.3 is 5.97 Å². The zero-order valence-corrected chi connectivity index (χ0v) is 43.5. The molecule has 6 heterocycles. The minimum Gasteiger partial charge on any atom is -0.497 e. The zero-order chi connectivity index (χ0) is 50.0. The fraction of sp³-hybridized carbons (Fsp3) is 0.417. The molecule has 0 saturated carbocycles. The number of nitrogens with zero attached hydrogens (tertiary/aromatic N) is 10. The third-order valence-corrected chi connectivity index (χ3v) is 14.9. The van der Waals surface area contributed by atoms with Crippen molar-refractivity contribution < 1.29 is 38.7 Å². The summed E-state index contributed by atoms with van der Waals surface area (Å²) in [7, 11) is 4.51. The Hall–Kier alpha value is -6.53. The Morgan fingerprint density at radius 1 is 0.696 bits per heavy atom. The van der Waals surface area contributed by atoms with Gasteiger partial charge in [0.2, 0.25) is 0 Å². The van der Waals surface area contributed by atoms with Gasteiger partial charge < -0.3 is 43.6 Å². The number of aromatic carboxylic acids is 1. The van der Waals surface area contributed by atoms with E-state index in [9.17, 15) is 19.8 Å². The maximum Gasteiger partial charge on any atom is 0.339 e. The molecule has 0 unspecified atom stereocenters. The summed E-state index contributed by atoms with van der Waals surface area (Å²) in [5.74, 6) is 0.0103. The summed E-state index contributed by atoms with van der Waals surface area (Å²) < 4.78 is 29.5. The Kier molecular flexibility index (Phi) is 14.7. The fourth-order valence-corrected chi connectivity index (χ4v) is 8.98. The molecule has 8 rings (SSSR count). The minimum absolute atomic E-state index is 0.0842. The lowest BCUT2D eigenvalue weighted by Gasteiger charge is -2.23. The lowest BCUT2D eigenvalue weighted by Crippen LogP contribution is -2.46. The van der Waals surface area contributed by atoms with E-state index in [1.54, 1.807) is 65.2 Å². The van der Waals surface area contributed by atoms with Gasteiger partial charge in [-0.15, -0.1) is 0 Å². The smallest absolute Gasteiger partial charge is 0.339 e. The highest BCUT2D eigenvalue weighted by molar-refractivity contribution is 6.76. The Bertz CT molecular complexity index is 3160. The summed E-state index contributed by atoms with van der Waals surface area (Å²) in [4.78, 5) is 43.9. The Morgan fingerprint density at radius 2 is 1.13 bits per heavy atom. The van der Waals surface area contributed by atoms with E-state index in [0.29, 0.717) is 75.4 Å². The van der Waals surface area contributed by atoms with Gasteiger partial charge in [-0.3, -0.25) is 14.2 Å². The van der Waals surface area contributed by atoms with Crippen molar-refractivity contribution >= 4 is 72.2 Å². The molecule has 8 aromatic rings. The Balaban J connectivity index is 0.000000206. The maximum absolute atomic E-state index is 13.3. The molecule has 3 N–H and O–H groups in total. The second-order valence-corrected chi connectivity index (χ2v) is 31.3. The van der Waals surface area contributed by atoms with Crippen molar-refractivity contribution in [2.75, 3.05) is 34.0 Å². The topological polar surface area (TPSA) is 221 Å². The number of aromatic nitrogens is 10. The van der Waals surface area contributed by atoms with E-state index in [0.717, 1.165) is 33.9 Å². The lowest BCUT2D eigenvalue weighted by molar-refractivity contribution is 0.0695. The van der Waals surface area contributed by atoms with Gasteiger partial charge in [-0.2, -0.15) is 10.2 Å². The van der Waals surface area contributed by atoms with E-state index >= 15 is 0 Å². The number of fused-ring (bicyclic) bond motifs is 4. The molecule has 21 heteroatoms. The molecule has 0 bridgehead atoms. The average molecular weight is 978 g/mol. The predicted molar refractivity (Wildman–Crippen MR) is 271 cm³/mol. The van der Waals surface area contributed by atoms with Crippen LogP contribution >= 0.6 is 0 Å². The van der Waals surface area contributed by atoms with Crippen LogP contribution in [0.25, 0.3) is 66.9 Å². The monoisotopic (exact) mass is 977 g/mol. The number of nitrogens with one attached hydrogen (secondary N) is 1. The number of carbonyl (C=O) groups excluding carboxylic acids is 1. The third-order valence-electron chi connectivity index (χ3n) is 11.5. The normalized spacial score (nSPS) is 12.2. The van der Waals surface area contributed by atoms with Gasteiger partial charge in [-0.1, -0.05) is 39.3 Å². The van der Waals surface area contributed by atoms with E-state index in [4.69, 9.17) is 23.9 Å². The van der Waals surface area contributed by atoms with Crippen LogP contribution in [0.3, 0.4) is 0 Å². The number of aliphatic hydroxyl groups excluding tert-OH is 1. The quantitative estimate of drug-likeness (QED) is 0.0552. The van der Waals surface area contributed by atoms with Crippen molar-refractivity contribution in [1.29, 1.82) is 0 Å². The number of ether oxygens (including phenoxy) is 4. The summed E-state index contributed by atoms with van der Waals surface area (Å²) in [5.41, 5.74) is 5.55. The highest BCUT2D eigenvalue weighted by atomic mass is 28.3. The molecule has 0 saturated heterocycles. The van der Waals surface area contributed by atoms with Gasteiger partial charge in [-0.05, 0) is 62.3 Å². The predicted octanol–water partition coefficient (Wildman–Crippen LogP) is 7.81. The van der Waals surface area contributed by atoms with Gasteiger partial charge in [0.15, 0.2) is 11.3 Å². The number of hydrogen-bond donors (Lipinski definition) is 3. The highest BCUT2D eigenvalue weighted by Crippen LogP contribution is 2.33. The standard InChI is InChI=1S/C26H36N6O4Si.C22H27N5O4Si/c1-26(2,15-33)29-25(34)19-14-32(16-36-10-11-37(5,6)7)24-23(19)28-20(13-27-24)22-18-12-17(35-4)8-9-21(18)31(3)30-22;1-26-18-7-6-14(30-2)10-15(18)19(25-26)17-11-23-21-20(24-17)16(22(28)29)12-27(21)13-31-8-9-32(3,4)5/h8-9,12-14,33H,10-11,15-16H2,1-7H3,(H,29,34);6-7,10-12H,8-9,13H2,1-5H3,(H,28,29). The molecule has 0 aliphatic carbocycles. The first-order valence-corrected chi connectivity index (χ1v) is 30.1. The molecular weight excluding hydrogens is 915 g/mol.